The van der Waals surface area contributed by atoms with E-state index in [1.54, 1.807) is 14.0 Å². The first kappa shape index (κ1) is 19.9. The third kappa shape index (κ3) is 4.11. The van der Waals surface area contributed by atoms with Gasteiger partial charge in [-0.3, -0.25) is 9.59 Å². The van der Waals surface area contributed by atoms with Gasteiger partial charge in [-0.2, -0.15) is 0 Å². The molecule has 2 heterocycles. The van der Waals surface area contributed by atoms with Crippen LogP contribution in [0, 0.1) is 0 Å². The predicted octanol–water partition coefficient (Wildman–Crippen LogP) is 4.29. The SMILES string of the molecule is COC1C=CNC(/C=C2\C(=O)Nc3cccc(/C=C/c4ccc(C(C)=O)cc4)c32)C1. The molecule has 0 fully saturated rings. The summed E-state index contributed by atoms with van der Waals surface area (Å²) in [6.07, 6.45) is 10.6. The predicted molar refractivity (Wildman–Crippen MR) is 120 cm³/mol. The van der Waals surface area contributed by atoms with E-state index in [0.29, 0.717) is 11.1 Å². The number of nitrogens with one attached hydrogen (secondary N) is 2. The fraction of sp³-hybridized carbons (Fsp3) is 0.200. The molecular formula is C25H24N2O3. The molecule has 0 radical (unpaired) electrons. The second-order valence-corrected chi connectivity index (χ2v) is 7.46. The Morgan fingerprint density at radius 3 is 2.67 bits per heavy atom. The van der Waals surface area contributed by atoms with Crippen LogP contribution in [0.1, 0.15) is 40.4 Å². The molecule has 5 heteroatoms. The first-order valence-corrected chi connectivity index (χ1v) is 9.96. The van der Waals surface area contributed by atoms with Gasteiger partial charge in [-0.1, -0.05) is 48.6 Å². The van der Waals surface area contributed by atoms with Crippen LogP contribution in [0.25, 0.3) is 17.7 Å². The zero-order chi connectivity index (χ0) is 21.1. The van der Waals surface area contributed by atoms with Crippen molar-refractivity contribution in [2.45, 2.75) is 25.5 Å². The number of hydrogen-bond acceptors (Lipinski definition) is 4. The Balaban J connectivity index is 1.64. The molecule has 2 unspecified atom stereocenters. The number of amides is 1. The number of methoxy groups -OCH3 is 1. The van der Waals surface area contributed by atoms with Gasteiger partial charge >= 0.3 is 0 Å². The number of fused-ring (bicyclic) bond motifs is 1. The smallest absolute Gasteiger partial charge is 0.256 e. The van der Waals surface area contributed by atoms with Crippen LogP contribution in [0.4, 0.5) is 5.69 Å². The molecule has 0 spiro atoms. The number of benzene rings is 2. The molecule has 1 amide bonds. The van der Waals surface area contributed by atoms with Crippen molar-refractivity contribution in [1.29, 1.82) is 0 Å². The number of carbonyl (C=O) groups is 2. The highest BCUT2D eigenvalue weighted by atomic mass is 16.5. The van der Waals surface area contributed by atoms with Gasteiger partial charge in [0.15, 0.2) is 5.78 Å². The summed E-state index contributed by atoms with van der Waals surface area (Å²) in [6, 6.07) is 13.3. The summed E-state index contributed by atoms with van der Waals surface area (Å²) in [5, 5.41) is 6.26. The molecule has 2 atom stereocenters. The first-order chi connectivity index (χ1) is 14.5. The highest BCUT2D eigenvalue weighted by Gasteiger charge is 2.28. The van der Waals surface area contributed by atoms with Crippen molar-refractivity contribution in [3.8, 4) is 0 Å². The third-order valence-electron chi connectivity index (χ3n) is 5.41. The van der Waals surface area contributed by atoms with Gasteiger partial charge in [0.25, 0.3) is 5.91 Å². The van der Waals surface area contributed by atoms with Crippen LogP contribution in [-0.4, -0.2) is 30.9 Å². The van der Waals surface area contributed by atoms with Gasteiger partial charge < -0.3 is 15.4 Å². The Bertz CT molecular complexity index is 1060. The summed E-state index contributed by atoms with van der Waals surface area (Å²) >= 11 is 0. The highest BCUT2D eigenvalue weighted by Crippen LogP contribution is 2.36. The summed E-state index contributed by atoms with van der Waals surface area (Å²) < 4.78 is 5.43. The number of carbonyl (C=O) groups excluding carboxylic acids is 2. The Hall–Kier alpha value is -3.44. The van der Waals surface area contributed by atoms with Gasteiger partial charge in [0.1, 0.15) is 0 Å². The van der Waals surface area contributed by atoms with E-state index in [2.05, 4.69) is 10.6 Å². The van der Waals surface area contributed by atoms with Gasteiger partial charge in [-0.25, -0.2) is 0 Å². The zero-order valence-corrected chi connectivity index (χ0v) is 17.0. The molecule has 2 aromatic rings. The molecule has 2 aromatic carbocycles. The van der Waals surface area contributed by atoms with Crippen molar-refractivity contribution in [3.05, 3.63) is 83.1 Å². The third-order valence-corrected chi connectivity index (χ3v) is 5.41. The van der Waals surface area contributed by atoms with Crippen molar-refractivity contribution < 1.29 is 14.3 Å². The lowest BCUT2D eigenvalue weighted by Gasteiger charge is -2.23. The van der Waals surface area contributed by atoms with Crippen molar-refractivity contribution in [3.63, 3.8) is 0 Å². The Morgan fingerprint density at radius 2 is 1.93 bits per heavy atom. The Kier molecular flexibility index (Phi) is 5.63. The molecule has 152 valence electrons. The minimum absolute atomic E-state index is 0.0165. The lowest BCUT2D eigenvalue weighted by Crippen LogP contribution is -2.32. The Labute approximate surface area is 176 Å². The second kappa shape index (κ2) is 8.51. The standard InChI is InChI=1S/C25H24N2O3/c1-16(28)18-9-6-17(7-10-18)8-11-19-4-3-5-23-24(19)22(25(29)27-23)15-20-14-21(30-2)12-13-26-20/h3-13,15,20-21,26H,14H2,1-2H3,(H,27,29)/b11-8+,22-15-. The monoisotopic (exact) mass is 400 g/mol. The molecule has 0 bridgehead atoms. The zero-order valence-electron chi connectivity index (χ0n) is 17.0. The molecular weight excluding hydrogens is 376 g/mol. The van der Waals surface area contributed by atoms with Crippen LogP contribution in [0.3, 0.4) is 0 Å². The summed E-state index contributed by atoms with van der Waals surface area (Å²) in [5.41, 5.74) is 5.03. The lowest BCUT2D eigenvalue weighted by molar-refractivity contribution is -0.110. The summed E-state index contributed by atoms with van der Waals surface area (Å²) in [5.74, 6) is -0.0466. The number of hydrogen-bond donors (Lipinski definition) is 2. The molecule has 5 nitrogen and oxygen atoms in total. The van der Waals surface area contributed by atoms with Crippen molar-refractivity contribution in [2.24, 2.45) is 0 Å². The van der Waals surface area contributed by atoms with Crippen LogP contribution < -0.4 is 10.6 Å². The van der Waals surface area contributed by atoms with E-state index in [9.17, 15) is 9.59 Å². The fourth-order valence-electron chi connectivity index (χ4n) is 3.77. The first-order valence-electron chi connectivity index (χ1n) is 9.96. The summed E-state index contributed by atoms with van der Waals surface area (Å²) in [6.45, 7) is 1.56. The van der Waals surface area contributed by atoms with E-state index in [1.807, 2.05) is 73.0 Å². The van der Waals surface area contributed by atoms with Crippen LogP contribution in [0.2, 0.25) is 0 Å². The minimum atomic E-state index is -0.0954. The van der Waals surface area contributed by atoms with Gasteiger partial charge in [-0.15, -0.1) is 0 Å². The quantitative estimate of drug-likeness (QED) is 0.446. The Morgan fingerprint density at radius 1 is 1.13 bits per heavy atom. The van der Waals surface area contributed by atoms with E-state index in [4.69, 9.17) is 4.74 Å². The fourth-order valence-corrected chi connectivity index (χ4v) is 3.77. The van der Waals surface area contributed by atoms with E-state index in [0.717, 1.165) is 28.8 Å². The van der Waals surface area contributed by atoms with Gasteiger partial charge in [-0.05, 0) is 42.5 Å². The minimum Gasteiger partial charge on any atom is -0.385 e. The van der Waals surface area contributed by atoms with E-state index in [1.165, 1.54) is 0 Å². The lowest BCUT2D eigenvalue weighted by atomic mass is 9.95. The van der Waals surface area contributed by atoms with Gasteiger partial charge in [0.2, 0.25) is 0 Å². The molecule has 2 aliphatic heterocycles. The van der Waals surface area contributed by atoms with Crippen LogP contribution in [0.5, 0.6) is 0 Å². The van der Waals surface area contributed by atoms with E-state index in [-0.39, 0.29) is 23.8 Å². The second-order valence-electron chi connectivity index (χ2n) is 7.46. The topological polar surface area (TPSA) is 67.4 Å². The van der Waals surface area contributed by atoms with Crippen LogP contribution in [0.15, 0.2) is 60.8 Å². The van der Waals surface area contributed by atoms with Gasteiger partial charge in [0, 0.05) is 42.0 Å². The number of anilines is 1. The van der Waals surface area contributed by atoms with Crippen LogP contribution in [-0.2, 0) is 9.53 Å². The number of ether oxygens (including phenoxy) is 1. The maximum absolute atomic E-state index is 12.7. The molecule has 4 rings (SSSR count). The molecule has 0 saturated carbocycles. The average Bonchev–Trinajstić information content (AvgIpc) is 3.08. The molecule has 0 saturated heterocycles. The maximum atomic E-state index is 12.7. The molecule has 2 N–H and O–H groups in total. The van der Waals surface area contributed by atoms with E-state index >= 15 is 0 Å². The van der Waals surface area contributed by atoms with Crippen LogP contribution >= 0.6 is 0 Å². The van der Waals surface area contributed by atoms with Crippen molar-refractivity contribution in [2.75, 3.05) is 12.4 Å². The van der Waals surface area contributed by atoms with Crippen molar-refractivity contribution in [1.82, 2.24) is 5.32 Å². The van der Waals surface area contributed by atoms with Gasteiger partial charge in [0.05, 0.1) is 6.10 Å². The van der Waals surface area contributed by atoms with E-state index < -0.39 is 0 Å². The summed E-state index contributed by atoms with van der Waals surface area (Å²) in [7, 11) is 1.69. The number of rotatable bonds is 5. The maximum Gasteiger partial charge on any atom is 0.256 e. The number of ketones is 1. The van der Waals surface area contributed by atoms with Crippen molar-refractivity contribution >= 4 is 35.1 Å². The number of Topliss-reactive ketones (excluding diaryl/α,β-unsaturated/α-hetero) is 1. The normalized spacial score (nSPS) is 21.5. The molecule has 0 aromatic heterocycles. The molecule has 2 aliphatic rings. The average molecular weight is 400 g/mol. The molecule has 0 aliphatic carbocycles. The highest BCUT2D eigenvalue weighted by molar-refractivity contribution is 6.32. The summed E-state index contributed by atoms with van der Waals surface area (Å²) in [4.78, 5) is 24.1. The largest absolute Gasteiger partial charge is 0.385 e. The molecule has 30 heavy (non-hydrogen) atoms.